The van der Waals surface area contributed by atoms with Crippen LogP contribution in [0.25, 0.3) is 0 Å². The van der Waals surface area contributed by atoms with Crippen molar-refractivity contribution in [3.8, 4) is 0 Å². The lowest BCUT2D eigenvalue weighted by atomic mass is 9.96. The van der Waals surface area contributed by atoms with E-state index in [2.05, 4.69) is 23.9 Å². The molecule has 0 saturated heterocycles. The van der Waals surface area contributed by atoms with Crippen molar-refractivity contribution >= 4 is 10.0 Å². The van der Waals surface area contributed by atoms with Gasteiger partial charge in [-0.15, -0.1) is 0 Å². The molecule has 106 valence electrons. The second-order valence-electron chi connectivity index (χ2n) is 6.18. The average Bonchev–Trinajstić information content (AvgIpc) is 2.85. The summed E-state index contributed by atoms with van der Waals surface area (Å²) in [5.41, 5.74) is 0. The Labute approximate surface area is 111 Å². The summed E-state index contributed by atoms with van der Waals surface area (Å²) in [5.74, 6) is 1.64. The molecule has 0 aromatic heterocycles. The van der Waals surface area contributed by atoms with Crippen molar-refractivity contribution in [1.29, 1.82) is 0 Å². The van der Waals surface area contributed by atoms with E-state index in [9.17, 15) is 8.42 Å². The molecule has 0 aromatic rings. The molecule has 5 heteroatoms. The minimum Gasteiger partial charge on any atom is -0.314 e. The van der Waals surface area contributed by atoms with Crippen LogP contribution in [0.5, 0.6) is 0 Å². The molecule has 2 aliphatic carbocycles. The van der Waals surface area contributed by atoms with Gasteiger partial charge in [0.1, 0.15) is 0 Å². The molecule has 0 heterocycles. The summed E-state index contributed by atoms with van der Waals surface area (Å²) in [5, 5.41) is 3.25. The zero-order chi connectivity index (χ0) is 13.2. The van der Waals surface area contributed by atoms with Crippen molar-refractivity contribution < 1.29 is 8.42 Å². The molecular formula is C13H26N2O2S. The van der Waals surface area contributed by atoms with E-state index in [1.807, 2.05) is 0 Å². The number of sulfonamides is 1. The van der Waals surface area contributed by atoms with Crippen molar-refractivity contribution in [2.24, 2.45) is 11.8 Å². The predicted molar refractivity (Wildman–Crippen MR) is 73.9 cm³/mol. The number of hydrogen-bond acceptors (Lipinski definition) is 3. The van der Waals surface area contributed by atoms with Crippen LogP contribution in [-0.2, 0) is 10.0 Å². The lowest BCUT2D eigenvalue weighted by molar-refractivity contribution is 0.390. The largest absolute Gasteiger partial charge is 0.314 e. The number of hydrogen-bond donors (Lipinski definition) is 2. The first kappa shape index (κ1) is 14.3. The van der Waals surface area contributed by atoms with Crippen LogP contribution in [0.4, 0.5) is 0 Å². The fourth-order valence-corrected chi connectivity index (χ4v) is 4.72. The molecule has 18 heavy (non-hydrogen) atoms. The van der Waals surface area contributed by atoms with Crippen LogP contribution in [0.3, 0.4) is 0 Å². The normalized spacial score (nSPS) is 31.4. The minimum absolute atomic E-state index is 0.229. The maximum absolute atomic E-state index is 12.0. The predicted octanol–water partition coefficient (Wildman–Crippen LogP) is 1.48. The summed E-state index contributed by atoms with van der Waals surface area (Å²) in [6, 6.07) is 0.651. The molecule has 2 aliphatic rings. The van der Waals surface area contributed by atoms with Crippen molar-refractivity contribution in [2.75, 3.05) is 12.3 Å². The van der Waals surface area contributed by atoms with Crippen LogP contribution < -0.4 is 10.0 Å². The van der Waals surface area contributed by atoms with Gasteiger partial charge in [-0.25, -0.2) is 13.1 Å². The molecule has 2 rings (SSSR count). The third-order valence-corrected chi connectivity index (χ3v) is 5.70. The van der Waals surface area contributed by atoms with Gasteiger partial charge in [-0.05, 0) is 44.1 Å². The van der Waals surface area contributed by atoms with Crippen LogP contribution in [0.15, 0.2) is 0 Å². The Morgan fingerprint density at radius 1 is 1.22 bits per heavy atom. The third-order valence-electron chi connectivity index (χ3n) is 4.21. The van der Waals surface area contributed by atoms with Gasteiger partial charge in [0.2, 0.25) is 10.0 Å². The Morgan fingerprint density at radius 2 is 2.00 bits per heavy atom. The van der Waals surface area contributed by atoms with Crippen molar-refractivity contribution in [3.05, 3.63) is 0 Å². The smallest absolute Gasteiger partial charge is 0.211 e. The highest BCUT2D eigenvalue weighted by Crippen LogP contribution is 2.44. The van der Waals surface area contributed by atoms with Gasteiger partial charge in [-0.2, -0.15) is 0 Å². The van der Waals surface area contributed by atoms with Gasteiger partial charge in [0.05, 0.1) is 5.75 Å². The van der Waals surface area contributed by atoms with E-state index in [4.69, 9.17) is 0 Å². The maximum atomic E-state index is 12.0. The Kier molecular flexibility index (Phi) is 4.67. The zero-order valence-corrected chi connectivity index (χ0v) is 12.3. The van der Waals surface area contributed by atoms with E-state index in [0.717, 1.165) is 18.9 Å². The number of rotatable bonds is 7. The molecule has 0 amide bonds. The van der Waals surface area contributed by atoms with Gasteiger partial charge in [0.25, 0.3) is 0 Å². The summed E-state index contributed by atoms with van der Waals surface area (Å²) in [7, 11) is -3.08. The van der Waals surface area contributed by atoms with Gasteiger partial charge in [-0.3, -0.25) is 0 Å². The van der Waals surface area contributed by atoms with Crippen molar-refractivity contribution in [1.82, 2.24) is 10.0 Å². The molecule has 0 spiro atoms. The van der Waals surface area contributed by atoms with Crippen molar-refractivity contribution in [3.63, 3.8) is 0 Å². The van der Waals surface area contributed by atoms with E-state index < -0.39 is 10.0 Å². The molecule has 2 fully saturated rings. The minimum atomic E-state index is -3.08. The summed E-state index contributed by atoms with van der Waals surface area (Å²) < 4.78 is 26.9. The molecule has 0 aromatic carbocycles. The van der Waals surface area contributed by atoms with E-state index in [-0.39, 0.29) is 11.8 Å². The fourth-order valence-electron chi connectivity index (χ4n) is 3.33. The second kappa shape index (κ2) is 5.88. The third kappa shape index (κ3) is 3.93. The summed E-state index contributed by atoms with van der Waals surface area (Å²) in [4.78, 5) is 0. The van der Waals surface area contributed by atoms with Crippen LogP contribution in [0.2, 0.25) is 0 Å². The van der Waals surface area contributed by atoms with Crippen molar-refractivity contribution in [2.45, 2.75) is 58.0 Å². The van der Waals surface area contributed by atoms with E-state index in [1.54, 1.807) is 0 Å². The summed E-state index contributed by atoms with van der Waals surface area (Å²) in [6.07, 6.45) is 5.51. The fraction of sp³-hybridized carbons (Fsp3) is 1.00. The molecule has 2 N–H and O–H groups in total. The SMILES string of the molecule is CC(C)NCCCS(=O)(=O)NC1CC2CCC1C2. The lowest BCUT2D eigenvalue weighted by Gasteiger charge is -2.22. The molecular weight excluding hydrogens is 248 g/mol. The van der Waals surface area contributed by atoms with E-state index in [1.165, 1.54) is 19.3 Å². The topological polar surface area (TPSA) is 58.2 Å². The first-order chi connectivity index (χ1) is 8.46. The van der Waals surface area contributed by atoms with Crippen LogP contribution in [0.1, 0.15) is 46.0 Å². The Morgan fingerprint density at radius 3 is 2.56 bits per heavy atom. The molecule has 0 radical (unpaired) electrons. The zero-order valence-electron chi connectivity index (χ0n) is 11.5. The van der Waals surface area contributed by atoms with Crippen LogP contribution in [0, 0.1) is 11.8 Å². The van der Waals surface area contributed by atoms with E-state index in [0.29, 0.717) is 18.4 Å². The van der Waals surface area contributed by atoms with Crippen LogP contribution >= 0.6 is 0 Å². The molecule has 0 aliphatic heterocycles. The van der Waals surface area contributed by atoms with Crippen LogP contribution in [-0.4, -0.2) is 32.8 Å². The molecule has 2 saturated carbocycles. The Hall–Kier alpha value is -0.130. The maximum Gasteiger partial charge on any atom is 0.211 e. The molecule has 4 nitrogen and oxygen atoms in total. The van der Waals surface area contributed by atoms with Gasteiger partial charge in [-0.1, -0.05) is 20.3 Å². The summed E-state index contributed by atoms with van der Waals surface area (Å²) >= 11 is 0. The van der Waals surface area contributed by atoms with Gasteiger partial charge in [0, 0.05) is 12.1 Å². The van der Waals surface area contributed by atoms with Gasteiger partial charge < -0.3 is 5.32 Å². The molecule has 3 unspecified atom stereocenters. The first-order valence-corrected chi connectivity index (χ1v) is 8.85. The summed E-state index contributed by atoms with van der Waals surface area (Å²) in [6.45, 7) is 4.92. The second-order valence-corrected chi connectivity index (χ2v) is 8.05. The number of fused-ring (bicyclic) bond motifs is 2. The quantitative estimate of drug-likeness (QED) is 0.691. The standard InChI is InChI=1S/C13H26N2O2S/c1-10(2)14-6-3-7-18(16,17)15-13-9-11-4-5-12(13)8-11/h10-15H,3-9H2,1-2H3. The molecule has 3 atom stereocenters. The highest BCUT2D eigenvalue weighted by Gasteiger charge is 2.40. The Bertz CT molecular complexity index is 367. The lowest BCUT2D eigenvalue weighted by Crippen LogP contribution is -2.40. The highest BCUT2D eigenvalue weighted by molar-refractivity contribution is 7.89. The highest BCUT2D eigenvalue weighted by atomic mass is 32.2. The molecule has 2 bridgehead atoms. The van der Waals surface area contributed by atoms with Gasteiger partial charge in [0.15, 0.2) is 0 Å². The van der Waals surface area contributed by atoms with E-state index >= 15 is 0 Å². The number of nitrogens with one attached hydrogen (secondary N) is 2. The first-order valence-electron chi connectivity index (χ1n) is 7.19. The van der Waals surface area contributed by atoms with Gasteiger partial charge >= 0.3 is 0 Å². The monoisotopic (exact) mass is 274 g/mol. The Balaban J connectivity index is 1.71. The average molecular weight is 274 g/mol.